The zero-order valence-corrected chi connectivity index (χ0v) is 10.9. The Bertz CT molecular complexity index is 516. The predicted octanol–water partition coefficient (Wildman–Crippen LogP) is 0.155. The monoisotopic (exact) mass is 274 g/mol. The standard InChI is InChI=1S/C12H12B2O4S/c15-13-18-10-3-7-12(8-4-10)19-11-5-1-9(2-6-11)14(16)17/h1-8,13,15-17H. The lowest BCUT2D eigenvalue weighted by Crippen LogP contribution is -2.29. The van der Waals surface area contributed by atoms with Crippen molar-refractivity contribution in [3.8, 4) is 5.75 Å². The third-order valence-corrected chi connectivity index (χ3v) is 3.48. The molecule has 0 spiro atoms. The van der Waals surface area contributed by atoms with E-state index >= 15 is 0 Å². The Morgan fingerprint density at radius 2 is 1.42 bits per heavy atom. The van der Waals surface area contributed by atoms with Crippen LogP contribution in [0.2, 0.25) is 0 Å². The first-order valence-corrected chi connectivity index (χ1v) is 6.48. The molecule has 2 aromatic carbocycles. The molecule has 0 saturated carbocycles. The van der Waals surface area contributed by atoms with Crippen molar-refractivity contribution in [1.29, 1.82) is 0 Å². The molecule has 96 valence electrons. The molecule has 0 unspecified atom stereocenters. The topological polar surface area (TPSA) is 69.9 Å². The first-order chi connectivity index (χ1) is 9.19. The summed E-state index contributed by atoms with van der Waals surface area (Å²) in [6.07, 6.45) is 0. The summed E-state index contributed by atoms with van der Waals surface area (Å²) in [7, 11) is -1.77. The molecular formula is C12H12B2O4S. The summed E-state index contributed by atoms with van der Waals surface area (Å²) in [6.45, 7) is 0. The van der Waals surface area contributed by atoms with Gasteiger partial charge in [-0.25, -0.2) is 0 Å². The van der Waals surface area contributed by atoms with E-state index in [1.165, 1.54) is 0 Å². The van der Waals surface area contributed by atoms with Crippen molar-refractivity contribution in [3.63, 3.8) is 0 Å². The minimum absolute atomic E-state index is 0.336. The van der Waals surface area contributed by atoms with E-state index in [9.17, 15) is 0 Å². The van der Waals surface area contributed by atoms with Gasteiger partial charge in [0.25, 0.3) is 0 Å². The Labute approximate surface area is 116 Å². The van der Waals surface area contributed by atoms with Crippen LogP contribution >= 0.6 is 11.8 Å². The van der Waals surface area contributed by atoms with Crippen molar-refractivity contribution in [1.82, 2.24) is 0 Å². The van der Waals surface area contributed by atoms with Crippen LogP contribution in [0, 0.1) is 0 Å². The van der Waals surface area contributed by atoms with Crippen LogP contribution < -0.4 is 10.1 Å². The highest BCUT2D eigenvalue weighted by molar-refractivity contribution is 7.99. The van der Waals surface area contributed by atoms with Gasteiger partial charge in [-0.15, -0.1) is 0 Å². The zero-order valence-electron chi connectivity index (χ0n) is 10.1. The molecule has 3 N–H and O–H groups in total. The van der Waals surface area contributed by atoms with Crippen LogP contribution in [-0.4, -0.2) is 29.9 Å². The van der Waals surface area contributed by atoms with Gasteiger partial charge in [-0.3, -0.25) is 0 Å². The smallest absolute Gasteiger partial charge is 0.504 e. The summed E-state index contributed by atoms with van der Waals surface area (Å²) in [6, 6.07) is 14.4. The van der Waals surface area contributed by atoms with Gasteiger partial charge in [0.05, 0.1) is 0 Å². The second-order valence-corrected chi connectivity index (χ2v) is 4.94. The maximum absolute atomic E-state index is 9.00. The van der Waals surface area contributed by atoms with Crippen molar-refractivity contribution >= 4 is 32.0 Å². The molecule has 0 aliphatic rings. The molecule has 4 nitrogen and oxygen atoms in total. The average molecular weight is 274 g/mol. The largest absolute Gasteiger partial charge is 0.539 e. The third-order valence-electron chi connectivity index (χ3n) is 2.47. The maximum atomic E-state index is 9.00. The Morgan fingerprint density at radius 1 is 0.895 bits per heavy atom. The van der Waals surface area contributed by atoms with Gasteiger partial charge < -0.3 is 19.7 Å². The second-order valence-electron chi connectivity index (χ2n) is 3.79. The predicted molar refractivity (Wildman–Crippen MR) is 76.8 cm³/mol. The van der Waals surface area contributed by atoms with Crippen molar-refractivity contribution in [2.24, 2.45) is 0 Å². The molecule has 0 bridgehead atoms. The summed E-state index contributed by atoms with van der Waals surface area (Å²) in [4.78, 5) is 2.03. The molecule has 0 aliphatic heterocycles. The van der Waals surface area contributed by atoms with Gasteiger partial charge in [0, 0.05) is 9.79 Å². The summed E-state index contributed by atoms with van der Waals surface area (Å²) >= 11 is 1.55. The van der Waals surface area contributed by atoms with E-state index in [1.807, 2.05) is 24.3 Å². The highest BCUT2D eigenvalue weighted by Crippen LogP contribution is 2.28. The molecule has 0 heterocycles. The van der Waals surface area contributed by atoms with Gasteiger partial charge in [0.2, 0.25) is 0 Å². The normalized spacial score (nSPS) is 10.1. The van der Waals surface area contributed by atoms with Gasteiger partial charge in [0.1, 0.15) is 5.75 Å². The van der Waals surface area contributed by atoms with E-state index in [0.29, 0.717) is 11.2 Å². The first-order valence-electron chi connectivity index (χ1n) is 5.67. The minimum atomic E-state index is -1.44. The molecule has 19 heavy (non-hydrogen) atoms. The second kappa shape index (κ2) is 6.68. The molecule has 2 aromatic rings. The number of hydrogen-bond acceptors (Lipinski definition) is 5. The highest BCUT2D eigenvalue weighted by Gasteiger charge is 2.09. The van der Waals surface area contributed by atoms with Crippen LogP contribution in [0.15, 0.2) is 58.3 Å². The van der Waals surface area contributed by atoms with E-state index in [-0.39, 0.29) is 7.69 Å². The van der Waals surface area contributed by atoms with Crippen LogP contribution in [0.25, 0.3) is 0 Å². The van der Waals surface area contributed by atoms with Crippen LogP contribution in [0.5, 0.6) is 5.75 Å². The van der Waals surface area contributed by atoms with Crippen LogP contribution in [0.1, 0.15) is 0 Å². The third kappa shape index (κ3) is 4.04. The Balaban J connectivity index is 2.04. The molecule has 0 amide bonds. The van der Waals surface area contributed by atoms with E-state index in [0.717, 1.165) is 9.79 Å². The van der Waals surface area contributed by atoms with Gasteiger partial charge in [-0.1, -0.05) is 23.9 Å². The number of benzene rings is 2. The molecule has 0 atom stereocenters. The number of rotatable bonds is 5. The van der Waals surface area contributed by atoms with E-state index in [2.05, 4.69) is 0 Å². The van der Waals surface area contributed by atoms with Crippen LogP contribution in [-0.2, 0) is 0 Å². The minimum Gasteiger partial charge on any atom is -0.539 e. The van der Waals surface area contributed by atoms with Crippen molar-refractivity contribution < 1.29 is 19.7 Å². The summed E-state index contributed by atoms with van der Waals surface area (Å²) in [5.74, 6) is 0.616. The molecule has 0 aliphatic carbocycles. The summed E-state index contributed by atoms with van der Waals surface area (Å²) in [5, 5.41) is 26.6. The van der Waals surface area contributed by atoms with Gasteiger partial charge in [0.15, 0.2) is 0 Å². The van der Waals surface area contributed by atoms with Gasteiger partial charge >= 0.3 is 14.8 Å². The first kappa shape index (κ1) is 14.0. The molecular weight excluding hydrogens is 262 g/mol. The maximum Gasteiger partial charge on any atom is 0.504 e. The summed E-state index contributed by atoms with van der Waals surface area (Å²) in [5.41, 5.74) is 0.469. The van der Waals surface area contributed by atoms with Crippen LogP contribution in [0.3, 0.4) is 0 Å². The molecule has 7 heteroatoms. The van der Waals surface area contributed by atoms with Crippen molar-refractivity contribution in [2.45, 2.75) is 9.79 Å². The average Bonchev–Trinajstić information content (AvgIpc) is 2.42. The van der Waals surface area contributed by atoms with E-state index in [4.69, 9.17) is 19.7 Å². The fourth-order valence-electron chi connectivity index (χ4n) is 1.52. The lowest BCUT2D eigenvalue weighted by Gasteiger charge is -2.05. The van der Waals surface area contributed by atoms with E-state index in [1.54, 1.807) is 36.0 Å². The number of hydrogen-bond donors (Lipinski definition) is 3. The molecule has 0 aromatic heterocycles. The molecule has 0 radical (unpaired) electrons. The van der Waals surface area contributed by atoms with Gasteiger partial charge in [-0.05, 0) is 41.9 Å². The Morgan fingerprint density at radius 3 is 1.89 bits per heavy atom. The fraction of sp³-hybridized carbons (Fsp3) is 0. The van der Waals surface area contributed by atoms with Crippen molar-refractivity contribution in [3.05, 3.63) is 48.5 Å². The molecule has 0 fully saturated rings. The fourth-order valence-corrected chi connectivity index (χ4v) is 2.34. The lowest BCUT2D eigenvalue weighted by molar-refractivity contribution is 0.425. The quantitative estimate of drug-likeness (QED) is 0.677. The van der Waals surface area contributed by atoms with Gasteiger partial charge in [-0.2, -0.15) is 0 Å². The Kier molecular flexibility index (Phi) is 4.93. The molecule has 0 saturated heterocycles. The SMILES string of the molecule is OBOc1ccc(Sc2ccc(B(O)O)cc2)cc1. The van der Waals surface area contributed by atoms with E-state index < -0.39 is 7.12 Å². The zero-order chi connectivity index (χ0) is 13.7. The van der Waals surface area contributed by atoms with Crippen LogP contribution in [0.4, 0.5) is 0 Å². The summed E-state index contributed by atoms with van der Waals surface area (Å²) < 4.78 is 4.94. The lowest BCUT2D eigenvalue weighted by atomic mass is 9.81. The van der Waals surface area contributed by atoms with Crippen molar-refractivity contribution in [2.75, 3.05) is 0 Å². The molecule has 2 rings (SSSR count). The Hall–Kier alpha value is -1.40. The highest BCUT2D eigenvalue weighted by atomic mass is 32.2.